The molecule has 0 saturated heterocycles. The van der Waals surface area contributed by atoms with E-state index in [-0.39, 0.29) is 0 Å². The van der Waals surface area contributed by atoms with Gasteiger partial charge in [0.25, 0.3) is 0 Å². The van der Waals surface area contributed by atoms with Crippen molar-refractivity contribution in [3.63, 3.8) is 0 Å². The van der Waals surface area contributed by atoms with Crippen molar-refractivity contribution in [1.82, 2.24) is 4.98 Å². The molecular formula is C14H13N3O. The van der Waals surface area contributed by atoms with Gasteiger partial charge in [0, 0.05) is 18.9 Å². The molecule has 0 aliphatic rings. The maximum Gasteiger partial charge on any atom is 0.143 e. The van der Waals surface area contributed by atoms with Gasteiger partial charge in [-0.2, -0.15) is 5.26 Å². The molecular weight excluding hydrogens is 226 g/mol. The summed E-state index contributed by atoms with van der Waals surface area (Å²) < 4.78 is 5.25. The Morgan fingerprint density at radius 3 is 2.89 bits per heavy atom. The molecule has 4 heteroatoms. The van der Waals surface area contributed by atoms with Gasteiger partial charge in [-0.25, -0.2) is 0 Å². The highest BCUT2D eigenvalue weighted by Crippen LogP contribution is 2.28. The molecule has 2 aromatic rings. The second-order valence-corrected chi connectivity index (χ2v) is 3.71. The van der Waals surface area contributed by atoms with Crippen LogP contribution in [0.3, 0.4) is 0 Å². The summed E-state index contributed by atoms with van der Waals surface area (Å²) in [6.45, 7) is 0.600. The van der Waals surface area contributed by atoms with Gasteiger partial charge >= 0.3 is 0 Å². The van der Waals surface area contributed by atoms with Gasteiger partial charge in [0.15, 0.2) is 0 Å². The fourth-order valence-corrected chi connectivity index (χ4v) is 1.67. The van der Waals surface area contributed by atoms with Crippen LogP contribution < -0.4 is 10.1 Å². The summed E-state index contributed by atoms with van der Waals surface area (Å²) in [5, 5.41) is 12.3. The number of para-hydroxylation sites is 1. The number of aromatic nitrogens is 1. The number of nitrogens with zero attached hydrogens (tertiary/aromatic N) is 2. The number of hydrogen-bond donors (Lipinski definition) is 1. The highest BCUT2D eigenvalue weighted by Gasteiger charge is 2.07. The third-order valence-corrected chi connectivity index (χ3v) is 2.56. The number of ether oxygens (including phenoxy) is 1. The maximum atomic E-state index is 9.08. The lowest BCUT2D eigenvalue weighted by Crippen LogP contribution is -2.03. The van der Waals surface area contributed by atoms with Crippen LogP contribution in [0.1, 0.15) is 11.1 Å². The molecule has 1 heterocycles. The topological polar surface area (TPSA) is 57.9 Å². The van der Waals surface area contributed by atoms with Gasteiger partial charge in [-0.3, -0.25) is 4.98 Å². The Hall–Kier alpha value is -2.54. The van der Waals surface area contributed by atoms with E-state index in [1.165, 1.54) is 0 Å². The normalized spacial score (nSPS) is 9.56. The zero-order valence-electron chi connectivity index (χ0n) is 10.1. The second-order valence-electron chi connectivity index (χ2n) is 3.71. The lowest BCUT2D eigenvalue weighted by atomic mass is 10.1. The molecule has 0 amide bonds. The van der Waals surface area contributed by atoms with Crippen molar-refractivity contribution in [3.05, 3.63) is 53.9 Å². The van der Waals surface area contributed by atoms with Crippen molar-refractivity contribution in [3.8, 4) is 11.8 Å². The fraction of sp³-hybridized carbons (Fsp3) is 0.143. The van der Waals surface area contributed by atoms with E-state index in [4.69, 9.17) is 10.00 Å². The highest BCUT2D eigenvalue weighted by molar-refractivity contribution is 5.66. The van der Waals surface area contributed by atoms with Crippen molar-refractivity contribution < 1.29 is 4.74 Å². The average Bonchev–Trinajstić information content (AvgIpc) is 2.45. The predicted octanol–water partition coefficient (Wildman–Crippen LogP) is 2.57. The molecule has 0 bridgehead atoms. The van der Waals surface area contributed by atoms with Gasteiger partial charge in [-0.15, -0.1) is 0 Å². The fourth-order valence-electron chi connectivity index (χ4n) is 1.67. The predicted molar refractivity (Wildman–Crippen MR) is 69.3 cm³/mol. The molecule has 1 aromatic heterocycles. The summed E-state index contributed by atoms with van der Waals surface area (Å²) in [6, 6.07) is 11.4. The number of nitrogens with one attached hydrogen (secondary N) is 1. The monoisotopic (exact) mass is 239 g/mol. The van der Waals surface area contributed by atoms with E-state index in [0.29, 0.717) is 23.5 Å². The van der Waals surface area contributed by atoms with Crippen LogP contribution in [0.4, 0.5) is 5.69 Å². The molecule has 0 saturated carbocycles. The van der Waals surface area contributed by atoms with Gasteiger partial charge in [-0.1, -0.05) is 12.1 Å². The summed E-state index contributed by atoms with van der Waals surface area (Å²) >= 11 is 0. The molecule has 0 aliphatic heterocycles. The third kappa shape index (κ3) is 2.58. The Morgan fingerprint density at radius 2 is 2.22 bits per heavy atom. The summed E-state index contributed by atoms with van der Waals surface area (Å²) in [4.78, 5) is 4.05. The standard InChI is InChI=1S/C14H13N3O/c1-18-13-6-2-5-12(8-15)14(13)17-10-11-4-3-7-16-9-11/h2-7,9,17H,10H2,1H3. The minimum atomic E-state index is 0.568. The van der Waals surface area contributed by atoms with E-state index < -0.39 is 0 Å². The van der Waals surface area contributed by atoms with Crippen LogP contribution in [0, 0.1) is 11.3 Å². The van der Waals surface area contributed by atoms with Crippen molar-refractivity contribution in [2.75, 3.05) is 12.4 Å². The van der Waals surface area contributed by atoms with Crippen molar-refractivity contribution in [1.29, 1.82) is 5.26 Å². The Morgan fingerprint density at radius 1 is 1.33 bits per heavy atom. The Balaban J connectivity index is 2.21. The van der Waals surface area contributed by atoms with Crippen LogP contribution in [0.5, 0.6) is 5.75 Å². The molecule has 2 rings (SSSR count). The van der Waals surface area contributed by atoms with Gasteiger partial charge in [-0.05, 0) is 23.8 Å². The molecule has 1 aromatic carbocycles. The SMILES string of the molecule is COc1cccc(C#N)c1NCc1cccnc1. The van der Waals surface area contributed by atoms with Crippen LogP contribution in [0.15, 0.2) is 42.7 Å². The molecule has 0 spiro atoms. The lowest BCUT2D eigenvalue weighted by molar-refractivity contribution is 0.416. The van der Waals surface area contributed by atoms with Crippen LogP contribution in [0.2, 0.25) is 0 Å². The van der Waals surface area contributed by atoms with E-state index in [1.54, 1.807) is 31.6 Å². The van der Waals surface area contributed by atoms with Gasteiger partial charge in [0.05, 0.1) is 18.4 Å². The molecule has 0 unspecified atom stereocenters. The minimum Gasteiger partial charge on any atom is -0.495 e. The van der Waals surface area contributed by atoms with Gasteiger partial charge < -0.3 is 10.1 Å². The Kier molecular flexibility index (Phi) is 3.77. The first-order chi connectivity index (χ1) is 8.85. The van der Waals surface area contributed by atoms with E-state index in [2.05, 4.69) is 16.4 Å². The molecule has 4 nitrogen and oxygen atoms in total. The quantitative estimate of drug-likeness (QED) is 0.890. The van der Waals surface area contributed by atoms with E-state index in [0.717, 1.165) is 5.56 Å². The number of anilines is 1. The number of rotatable bonds is 4. The van der Waals surface area contributed by atoms with E-state index >= 15 is 0 Å². The second kappa shape index (κ2) is 5.69. The lowest BCUT2D eigenvalue weighted by Gasteiger charge is -2.12. The molecule has 18 heavy (non-hydrogen) atoms. The number of nitriles is 1. The summed E-state index contributed by atoms with van der Waals surface area (Å²) in [6.07, 6.45) is 3.52. The van der Waals surface area contributed by atoms with Crippen LogP contribution in [-0.4, -0.2) is 12.1 Å². The molecule has 1 N–H and O–H groups in total. The Labute approximate surface area is 106 Å². The zero-order chi connectivity index (χ0) is 12.8. The van der Waals surface area contributed by atoms with E-state index in [9.17, 15) is 0 Å². The summed E-state index contributed by atoms with van der Waals surface area (Å²) in [7, 11) is 1.59. The van der Waals surface area contributed by atoms with Crippen LogP contribution >= 0.6 is 0 Å². The third-order valence-electron chi connectivity index (χ3n) is 2.56. The molecule has 90 valence electrons. The Bertz CT molecular complexity index is 561. The highest BCUT2D eigenvalue weighted by atomic mass is 16.5. The number of hydrogen-bond acceptors (Lipinski definition) is 4. The van der Waals surface area contributed by atoms with E-state index in [1.807, 2.05) is 18.2 Å². The number of benzene rings is 1. The van der Waals surface area contributed by atoms with Crippen molar-refractivity contribution in [2.45, 2.75) is 6.54 Å². The number of pyridine rings is 1. The maximum absolute atomic E-state index is 9.08. The van der Waals surface area contributed by atoms with Crippen LogP contribution in [0.25, 0.3) is 0 Å². The number of methoxy groups -OCH3 is 1. The first-order valence-corrected chi connectivity index (χ1v) is 5.55. The molecule has 0 fully saturated rings. The first kappa shape index (κ1) is 11.9. The average molecular weight is 239 g/mol. The van der Waals surface area contributed by atoms with Gasteiger partial charge in [0.2, 0.25) is 0 Å². The first-order valence-electron chi connectivity index (χ1n) is 5.55. The summed E-state index contributed by atoms with van der Waals surface area (Å²) in [5.41, 5.74) is 2.33. The van der Waals surface area contributed by atoms with Crippen molar-refractivity contribution in [2.24, 2.45) is 0 Å². The van der Waals surface area contributed by atoms with Gasteiger partial charge in [0.1, 0.15) is 11.8 Å². The molecule has 0 radical (unpaired) electrons. The molecule has 0 aliphatic carbocycles. The zero-order valence-corrected chi connectivity index (χ0v) is 10.1. The van der Waals surface area contributed by atoms with Crippen LogP contribution in [-0.2, 0) is 6.54 Å². The molecule has 0 atom stereocenters. The summed E-state index contributed by atoms with van der Waals surface area (Å²) in [5.74, 6) is 0.665. The van der Waals surface area contributed by atoms with Crippen molar-refractivity contribution >= 4 is 5.69 Å². The largest absolute Gasteiger partial charge is 0.495 e. The smallest absolute Gasteiger partial charge is 0.143 e. The minimum absolute atomic E-state index is 0.568.